The molecular weight excluding hydrogens is 392 g/mol. The summed E-state index contributed by atoms with van der Waals surface area (Å²) >= 11 is 0. The first kappa shape index (κ1) is 19.5. The summed E-state index contributed by atoms with van der Waals surface area (Å²) in [6, 6.07) is 15.8. The summed E-state index contributed by atoms with van der Waals surface area (Å²) in [6.45, 7) is 3.44. The van der Waals surface area contributed by atoms with Gasteiger partial charge in [-0.2, -0.15) is 0 Å². The van der Waals surface area contributed by atoms with Crippen LogP contribution in [0.3, 0.4) is 0 Å². The number of para-hydroxylation sites is 2. The molecule has 31 heavy (non-hydrogen) atoms. The van der Waals surface area contributed by atoms with Crippen molar-refractivity contribution in [2.24, 2.45) is 0 Å². The highest BCUT2D eigenvalue weighted by Gasteiger charge is 2.26. The normalized spacial score (nSPS) is 16.2. The topological polar surface area (TPSA) is 92.3 Å². The maximum Gasteiger partial charge on any atom is 0.344 e. The number of ether oxygens (including phenoxy) is 2. The maximum absolute atomic E-state index is 13.0. The van der Waals surface area contributed by atoms with E-state index in [1.54, 1.807) is 0 Å². The van der Waals surface area contributed by atoms with Crippen LogP contribution in [-0.2, 0) is 16.0 Å². The van der Waals surface area contributed by atoms with E-state index in [-0.39, 0.29) is 18.3 Å². The molecule has 4 aromatic rings. The first-order valence-corrected chi connectivity index (χ1v) is 10.5. The Morgan fingerprint density at radius 1 is 1.16 bits per heavy atom. The number of benzene rings is 2. The summed E-state index contributed by atoms with van der Waals surface area (Å²) in [4.78, 5) is 22.5. The van der Waals surface area contributed by atoms with Gasteiger partial charge in [0, 0.05) is 6.61 Å². The molecule has 0 aliphatic carbocycles. The lowest BCUT2D eigenvalue weighted by molar-refractivity contribution is 0.0163. The summed E-state index contributed by atoms with van der Waals surface area (Å²) in [7, 11) is 0. The van der Waals surface area contributed by atoms with Gasteiger partial charge in [-0.15, -0.1) is 0 Å². The highest BCUT2D eigenvalue weighted by molar-refractivity contribution is 6.08. The Hall–Kier alpha value is -3.45. The molecule has 158 valence electrons. The van der Waals surface area contributed by atoms with Crippen LogP contribution < -0.4 is 5.73 Å². The Labute approximate surface area is 179 Å². The first-order valence-electron chi connectivity index (χ1n) is 10.5. The van der Waals surface area contributed by atoms with Crippen molar-refractivity contribution in [2.75, 3.05) is 18.9 Å². The first-order chi connectivity index (χ1) is 15.1. The van der Waals surface area contributed by atoms with Crippen molar-refractivity contribution in [2.45, 2.75) is 32.4 Å². The molecule has 5 rings (SSSR count). The van der Waals surface area contributed by atoms with Gasteiger partial charge in [-0.1, -0.05) is 42.0 Å². The van der Waals surface area contributed by atoms with Gasteiger partial charge in [0.2, 0.25) is 0 Å². The van der Waals surface area contributed by atoms with Crippen molar-refractivity contribution >= 4 is 34.0 Å². The predicted octanol–water partition coefficient (Wildman–Crippen LogP) is 3.86. The molecule has 1 saturated heterocycles. The number of carbonyl (C=O) groups is 1. The fourth-order valence-electron chi connectivity index (χ4n) is 3.97. The van der Waals surface area contributed by atoms with Gasteiger partial charge in [-0.3, -0.25) is 0 Å². The number of esters is 1. The average molecular weight is 416 g/mol. The lowest BCUT2D eigenvalue weighted by Gasteiger charge is -2.10. The fraction of sp³-hybridized carbons (Fsp3) is 0.292. The molecule has 0 spiro atoms. The van der Waals surface area contributed by atoms with E-state index >= 15 is 0 Å². The van der Waals surface area contributed by atoms with Gasteiger partial charge >= 0.3 is 5.97 Å². The highest BCUT2D eigenvalue weighted by Crippen LogP contribution is 2.29. The maximum atomic E-state index is 13.0. The van der Waals surface area contributed by atoms with Crippen molar-refractivity contribution in [1.82, 2.24) is 14.5 Å². The predicted molar refractivity (Wildman–Crippen MR) is 119 cm³/mol. The lowest BCUT2D eigenvalue weighted by atomic mass is 10.1. The van der Waals surface area contributed by atoms with Gasteiger partial charge in [0.15, 0.2) is 5.65 Å². The van der Waals surface area contributed by atoms with E-state index in [9.17, 15) is 4.79 Å². The van der Waals surface area contributed by atoms with E-state index in [1.165, 1.54) is 5.56 Å². The minimum absolute atomic E-state index is 0.0574. The summed E-state index contributed by atoms with van der Waals surface area (Å²) < 4.78 is 13.0. The number of aromatic nitrogens is 3. The number of hydrogen-bond donors (Lipinski definition) is 1. The lowest BCUT2D eigenvalue weighted by Crippen LogP contribution is -2.18. The van der Waals surface area contributed by atoms with Gasteiger partial charge in [0.05, 0.1) is 23.7 Å². The van der Waals surface area contributed by atoms with Crippen LogP contribution in [0.2, 0.25) is 0 Å². The molecule has 1 aliphatic heterocycles. The molecule has 1 atom stereocenters. The number of anilines is 1. The molecule has 3 heterocycles. The van der Waals surface area contributed by atoms with E-state index in [0.717, 1.165) is 23.9 Å². The van der Waals surface area contributed by atoms with Crippen molar-refractivity contribution in [3.8, 4) is 0 Å². The Morgan fingerprint density at radius 2 is 1.90 bits per heavy atom. The third-order valence-corrected chi connectivity index (χ3v) is 5.68. The Morgan fingerprint density at radius 3 is 2.61 bits per heavy atom. The summed E-state index contributed by atoms with van der Waals surface area (Å²) in [5.41, 5.74) is 11.5. The molecule has 0 bridgehead atoms. The van der Waals surface area contributed by atoms with Crippen LogP contribution in [0.1, 0.15) is 34.3 Å². The molecule has 7 nitrogen and oxygen atoms in total. The fourth-order valence-corrected chi connectivity index (χ4v) is 3.97. The van der Waals surface area contributed by atoms with Gasteiger partial charge in [0.1, 0.15) is 23.5 Å². The molecule has 2 aromatic carbocycles. The zero-order valence-electron chi connectivity index (χ0n) is 17.4. The van der Waals surface area contributed by atoms with Gasteiger partial charge < -0.3 is 19.8 Å². The number of nitrogens with zero attached hydrogens (tertiary/aromatic N) is 3. The van der Waals surface area contributed by atoms with E-state index in [2.05, 4.69) is 12.1 Å². The summed E-state index contributed by atoms with van der Waals surface area (Å²) in [5.74, 6) is -0.187. The number of nitrogens with two attached hydrogens (primary N) is 1. The van der Waals surface area contributed by atoms with E-state index in [0.29, 0.717) is 35.7 Å². The number of fused-ring (bicyclic) bond motifs is 2. The molecule has 2 N–H and O–H groups in total. The molecule has 7 heteroatoms. The minimum atomic E-state index is -0.495. The molecule has 0 amide bonds. The molecular formula is C24H24N4O3. The van der Waals surface area contributed by atoms with Crippen molar-refractivity contribution in [3.63, 3.8) is 0 Å². The average Bonchev–Trinajstić information content (AvgIpc) is 3.39. The number of carbonyl (C=O) groups excluding carboxylic acids is 1. The third kappa shape index (κ3) is 3.72. The van der Waals surface area contributed by atoms with Crippen LogP contribution in [0.4, 0.5) is 5.82 Å². The monoisotopic (exact) mass is 416 g/mol. The van der Waals surface area contributed by atoms with Gasteiger partial charge in [-0.05, 0) is 37.5 Å². The van der Waals surface area contributed by atoms with Crippen LogP contribution >= 0.6 is 0 Å². The number of hydrogen-bond acceptors (Lipinski definition) is 6. The zero-order chi connectivity index (χ0) is 21.4. The van der Waals surface area contributed by atoms with Crippen LogP contribution in [0.25, 0.3) is 22.2 Å². The Kier molecular flexibility index (Phi) is 5.03. The van der Waals surface area contributed by atoms with Crippen LogP contribution in [0.15, 0.2) is 48.5 Å². The second kappa shape index (κ2) is 8.00. The second-order valence-electron chi connectivity index (χ2n) is 7.95. The van der Waals surface area contributed by atoms with E-state index < -0.39 is 5.97 Å². The largest absolute Gasteiger partial charge is 0.459 e. The quantitative estimate of drug-likeness (QED) is 0.497. The molecule has 1 fully saturated rings. The summed E-state index contributed by atoms with van der Waals surface area (Å²) in [5, 5.41) is 0. The second-order valence-corrected chi connectivity index (χ2v) is 7.95. The Balaban J connectivity index is 1.59. The molecule has 2 aromatic heterocycles. The van der Waals surface area contributed by atoms with Crippen molar-refractivity contribution in [1.29, 1.82) is 0 Å². The van der Waals surface area contributed by atoms with E-state index in [1.807, 2.05) is 47.9 Å². The van der Waals surface area contributed by atoms with Crippen molar-refractivity contribution < 1.29 is 14.3 Å². The molecule has 1 aliphatic rings. The molecule has 0 radical (unpaired) electrons. The third-order valence-electron chi connectivity index (χ3n) is 5.68. The van der Waals surface area contributed by atoms with Gasteiger partial charge in [-0.25, -0.2) is 14.8 Å². The zero-order valence-corrected chi connectivity index (χ0v) is 17.4. The molecule has 0 saturated carbocycles. The van der Waals surface area contributed by atoms with Gasteiger partial charge in [0.25, 0.3) is 0 Å². The smallest absolute Gasteiger partial charge is 0.344 e. The standard InChI is InChI=1S/C24H24N4O3/c1-15-8-10-16(11-9-15)13-28-22(25)20(24(29)31-14-17-5-4-12-30-17)21-23(28)27-19-7-3-2-6-18(19)26-21/h2-3,6-11,17H,4-5,12-14,25H2,1H3/t17-/m1/s1. The molecule has 0 unspecified atom stereocenters. The number of nitrogen functional groups attached to an aromatic ring is 1. The Bertz CT molecular complexity index is 1260. The minimum Gasteiger partial charge on any atom is -0.459 e. The van der Waals surface area contributed by atoms with Crippen LogP contribution in [-0.4, -0.2) is 39.8 Å². The SMILES string of the molecule is Cc1ccc(Cn2c(N)c(C(=O)OC[C@H]3CCCO3)c3nc4ccccc4nc32)cc1. The van der Waals surface area contributed by atoms with Crippen molar-refractivity contribution in [3.05, 3.63) is 65.2 Å². The van der Waals surface area contributed by atoms with Crippen LogP contribution in [0.5, 0.6) is 0 Å². The number of aryl methyl sites for hydroxylation is 1. The highest BCUT2D eigenvalue weighted by atomic mass is 16.6. The number of rotatable bonds is 5. The summed E-state index contributed by atoms with van der Waals surface area (Å²) in [6.07, 6.45) is 1.82. The van der Waals surface area contributed by atoms with E-state index in [4.69, 9.17) is 25.2 Å². The van der Waals surface area contributed by atoms with Crippen LogP contribution in [0, 0.1) is 6.92 Å².